The molecule has 19 heavy (non-hydrogen) atoms. The molecule has 1 heterocycles. The summed E-state index contributed by atoms with van der Waals surface area (Å²) in [5.74, 6) is -0.0764. The molecule has 3 rings (SSSR count). The van der Waals surface area contributed by atoms with Crippen LogP contribution in [0.15, 0.2) is 0 Å². The van der Waals surface area contributed by atoms with Crippen molar-refractivity contribution in [3.05, 3.63) is 0 Å². The number of rotatable bonds is 0. The smallest absolute Gasteiger partial charge is 0.309 e. The standard InChI is InChI=1S/C15H22O4/c1-7-6-10(16)12-8(2)14(18)19-13(12)15(3)9(7)4-5-11(15)17/h7-10,12-13,16H,4-6H2,1-3H3/t7-,8+,9+,10-,12-,13+,15+/m1/s1. The Hall–Kier alpha value is -0.900. The van der Waals surface area contributed by atoms with Gasteiger partial charge in [0.15, 0.2) is 0 Å². The van der Waals surface area contributed by atoms with Crippen molar-refractivity contribution >= 4 is 11.8 Å². The molecular weight excluding hydrogens is 244 g/mol. The van der Waals surface area contributed by atoms with Crippen molar-refractivity contribution in [1.82, 2.24) is 0 Å². The van der Waals surface area contributed by atoms with Gasteiger partial charge >= 0.3 is 5.97 Å². The maximum Gasteiger partial charge on any atom is 0.309 e. The zero-order valence-electron chi connectivity index (χ0n) is 11.8. The molecular formula is C15H22O4. The summed E-state index contributed by atoms with van der Waals surface area (Å²) in [5.41, 5.74) is -0.595. The zero-order chi connectivity index (χ0) is 13.9. The van der Waals surface area contributed by atoms with Crippen molar-refractivity contribution in [2.45, 2.75) is 52.2 Å². The molecule has 0 spiro atoms. The van der Waals surface area contributed by atoms with Gasteiger partial charge in [0, 0.05) is 12.3 Å². The van der Waals surface area contributed by atoms with Gasteiger partial charge in [-0.1, -0.05) is 13.8 Å². The van der Waals surface area contributed by atoms with Crippen molar-refractivity contribution in [2.75, 3.05) is 0 Å². The summed E-state index contributed by atoms with van der Waals surface area (Å²) in [6.45, 7) is 5.87. The van der Waals surface area contributed by atoms with E-state index in [1.807, 2.05) is 13.8 Å². The fourth-order valence-electron chi connectivity index (χ4n) is 4.80. The van der Waals surface area contributed by atoms with Gasteiger partial charge in [0.2, 0.25) is 0 Å². The number of carbonyl (C=O) groups is 2. The van der Waals surface area contributed by atoms with Crippen LogP contribution in [0.25, 0.3) is 0 Å². The summed E-state index contributed by atoms with van der Waals surface area (Å²) < 4.78 is 5.54. The van der Waals surface area contributed by atoms with E-state index >= 15 is 0 Å². The van der Waals surface area contributed by atoms with Gasteiger partial charge in [0.1, 0.15) is 11.9 Å². The van der Waals surface area contributed by atoms with Crippen molar-refractivity contribution in [3.63, 3.8) is 0 Å². The van der Waals surface area contributed by atoms with Crippen LogP contribution in [0.4, 0.5) is 0 Å². The largest absolute Gasteiger partial charge is 0.461 e. The van der Waals surface area contributed by atoms with Crippen LogP contribution in [0.5, 0.6) is 0 Å². The number of ketones is 1. The Labute approximate surface area is 113 Å². The fourth-order valence-corrected chi connectivity index (χ4v) is 4.80. The fraction of sp³-hybridized carbons (Fsp3) is 0.867. The molecule has 4 heteroatoms. The highest BCUT2D eigenvalue weighted by molar-refractivity contribution is 5.89. The molecule has 0 amide bonds. The minimum atomic E-state index is -0.595. The summed E-state index contributed by atoms with van der Waals surface area (Å²) >= 11 is 0. The molecule has 1 saturated heterocycles. The van der Waals surface area contributed by atoms with E-state index in [4.69, 9.17) is 4.74 Å². The molecule has 106 valence electrons. The van der Waals surface area contributed by atoms with Gasteiger partial charge in [-0.2, -0.15) is 0 Å². The van der Waals surface area contributed by atoms with Crippen molar-refractivity contribution in [2.24, 2.45) is 29.1 Å². The highest BCUT2D eigenvalue weighted by atomic mass is 16.6. The number of carbonyl (C=O) groups excluding carboxylic acids is 2. The minimum absolute atomic E-state index is 0.204. The van der Waals surface area contributed by atoms with Crippen LogP contribution in [-0.2, 0) is 14.3 Å². The molecule has 0 radical (unpaired) electrons. The number of aliphatic hydroxyl groups is 1. The third-order valence-electron chi connectivity index (χ3n) is 5.93. The van der Waals surface area contributed by atoms with Crippen molar-refractivity contribution in [3.8, 4) is 0 Å². The van der Waals surface area contributed by atoms with Crippen LogP contribution in [-0.4, -0.2) is 29.1 Å². The van der Waals surface area contributed by atoms with E-state index in [1.165, 1.54) is 0 Å². The highest BCUT2D eigenvalue weighted by Gasteiger charge is 2.63. The van der Waals surface area contributed by atoms with Crippen LogP contribution in [0.2, 0.25) is 0 Å². The number of hydrogen-bond acceptors (Lipinski definition) is 4. The second-order valence-corrected chi connectivity index (χ2v) is 6.85. The first kappa shape index (κ1) is 13.1. The molecule has 3 aliphatic rings. The minimum Gasteiger partial charge on any atom is -0.461 e. The first-order valence-electron chi connectivity index (χ1n) is 7.29. The SMILES string of the molecule is C[C@@H]1C[C@@H](O)[C@H]2[C@H](C)C(=O)O[C@@H]2[C@]2(C)C(=O)CC[C@@H]12. The van der Waals surface area contributed by atoms with Crippen LogP contribution in [0.3, 0.4) is 0 Å². The number of esters is 1. The molecule has 7 atom stereocenters. The van der Waals surface area contributed by atoms with Gasteiger partial charge in [0.05, 0.1) is 17.4 Å². The molecule has 1 N–H and O–H groups in total. The van der Waals surface area contributed by atoms with Gasteiger partial charge in [-0.3, -0.25) is 9.59 Å². The number of aliphatic hydroxyl groups excluding tert-OH is 1. The van der Waals surface area contributed by atoms with E-state index in [1.54, 1.807) is 0 Å². The van der Waals surface area contributed by atoms with E-state index in [2.05, 4.69) is 6.92 Å². The van der Waals surface area contributed by atoms with Gasteiger partial charge in [-0.25, -0.2) is 0 Å². The van der Waals surface area contributed by atoms with E-state index < -0.39 is 17.6 Å². The van der Waals surface area contributed by atoms with E-state index in [0.29, 0.717) is 18.8 Å². The van der Waals surface area contributed by atoms with Crippen LogP contribution in [0, 0.1) is 29.1 Å². The second-order valence-electron chi connectivity index (χ2n) is 6.85. The second kappa shape index (κ2) is 4.05. The summed E-state index contributed by atoms with van der Waals surface area (Å²) in [6.07, 6.45) is 1.12. The van der Waals surface area contributed by atoms with Crippen molar-refractivity contribution in [1.29, 1.82) is 0 Å². The number of Topliss-reactive ketones (excluding diaryl/α,β-unsaturated/α-hetero) is 1. The molecule has 2 aliphatic carbocycles. The molecule has 0 aromatic heterocycles. The predicted octanol–water partition coefficient (Wildman–Crippen LogP) is 1.55. The third-order valence-corrected chi connectivity index (χ3v) is 5.93. The summed E-state index contributed by atoms with van der Waals surface area (Å²) in [6, 6.07) is 0. The van der Waals surface area contributed by atoms with Gasteiger partial charge in [0.25, 0.3) is 0 Å². The van der Waals surface area contributed by atoms with Gasteiger partial charge in [-0.15, -0.1) is 0 Å². The Morgan fingerprint density at radius 3 is 2.68 bits per heavy atom. The highest BCUT2D eigenvalue weighted by Crippen LogP contribution is 2.56. The van der Waals surface area contributed by atoms with E-state index in [-0.39, 0.29) is 29.5 Å². The van der Waals surface area contributed by atoms with Crippen LogP contribution in [0.1, 0.15) is 40.0 Å². The number of ether oxygens (including phenoxy) is 1. The number of hydrogen-bond donors (Lipinski definition) is 1. The lowest BCUT2D eigenvalue weighted by Gasteiger charge is -2.37. The molecule has 2 saturated carbocycles. The molecule has 0 aromatic carbocycles. The molecule has 0 aromatic rings. The van der Waals surface area contributed by atoms with Gasteiger partial charge in [-0.05, 0) is 31.6 Å². The molecule has 3 fully saturated rings. The number of fused-ring (bicyclic) bond motifs is 3. The summed E-state index contributed by atoms with van der Waals surface area (Å²) in [5, 5.41) is 10.4. The maximum absolute atomic E-state index is 12.4. The Balaban J connectivity index is 2.08. The Kier molecular flexibility index (Phi) is 2.79. The third kappa shape index (κ3) is 1.55. The molecule has 4 nitrogen and oxygen atoms in total. The quantitative estimate of drug-likeness (QED) is 0.676. The normalized spacial score (nSPS) is 53.5. The Morgan fingerprint density at radius 2 is 2.00 bits per heavy atom. The summed E-state index contributed by atoms with van der Waals surface area (Å²) in [4.78, 5) is 24.3. The molecule has 0 unspecified atom stereocenters. The van der Waals surface area contributed by atoms with E-state index in [0.717, 1.165) is 6.42 Å². The lowest BCUT2D eigenvalue weighted by molar-refractivity contribution is -0.153. The van der Waals surface area contributed by atoms with Gasteiger partial charge < -0.3 is 9.84 Å². The summed E-state index contributed by atoms with van der Waals surface area (Å²) in [7, 11) is 0. The van der Waals surface area contributed by atoms with Crippen LogP contribution >= 0.6 is 0 Å². The average molecular weight is 266 g/mol. The first-order valence-corrected chi connectivity index (χ1v) is 7.29. The topological polar surface area (TPSA) is 63.6 Å². The molecule has 1 aliphatic heterocycles. The monoisotopic (exact) mass is 266 g/mol. The lowest BCUT2D eigenvalue weighted by atomic mass is 9.68. The average Bonchev–Trinajstić information content (AvgIpc) is 2.78. The maximum atomic E-state index is 12.4. The van der Waals surface area contributed by atoms with Crippen LogP contribution < -0.4 is 0 Å². The van der Waals surface area contributed by atoms with E-state index in [9.17, 15) is 14.7 Å². The Bertz CT molecular complexity index is 432. The predicted molar refractivity (Wildman–Crippen MR) is 68.2 cm³/mol. The zero-order valence-corrected chi connectivity index (χ0v) is 11.8. The molecule has 0 bridgehead atoms. The lowest BCUT2D eigenvalue weighted by Crippen LogP contribution is -2.46. The van der Waals surface area contributed by atoms with Crippen molar-refractivity contribution < 1.29 is 19.4 Å². The first-order chi connectivity index (χ1) is 8.87. The Morgan fingerprint density at radius 1 is 1.32 bits per heavy atom.